The summed E-state index contributed by atoms with van der Waals surface area (Å²) in [6, 6.07) is 4.82. The van der Waals surface area contributed by atoms with Crippen molar-refractivity contribution >= 4 is 11.7 Å². The van der Waals surface area contributed by atoms with Crippen LogP contribution in [0.5, 0.6) is 0 Å². The zero-order chi connectivity index (χ0) is 11.4. The molecule has 0 bridgehead atoms. The number of nitrogens with one attached hydrogen (secondary N) is 1. The molecule has 0 aliphatic carbocycles. The van der Waals surface area contributed by atoms with E-state index in [4.69, 9.17) is 10.2 Å². The molecule has 0 spiro atoms. The summed E-state index contributed by atoms with van der Waals surface area (Å²) in [5.74, 6) is -0.931. The minimum absolute atomic E-state index is 0.0418. The molecule has 15 heavy (non-hydrogen) atoms. The number of aliphatic hydroxyl groups is 1. The summed E-state index contributed by atoms with van der Waals surface area (Å²) in [6.45, 7) is 3.73. The second-order valence-electron chi connectivity index (χ2n) is 3.56. The van der Waals surface area contributed by atoms with Gasteiger partial charge in [-0.1, -0.05) is 0 Å². The number of aromatic carboxylic acids is 1. The van der Waals surface area contributed by atoms with E-state index in [9.17, 15) is 4.79 Å². The van der Waals surface area contributed by atoms with Crippen molar-refractivity contribution in [2.24, 2.45) is 0 Å². The molecule has 0 radical (unpaired) electrons. The predicted octanol–water partition coefficient (Wildman–Crippen LogP) is 1.49. The maximum Gasteiger partial charge on any atom is 0.335 e. The van der Waals surface area contributed by atoms with Crippen LogP contribution in [0.15, 0.2) is 18.2 Å². The summed E-state index contributed by atoms with van der Waals surface area (Å²) < 4.78 is 0. The highest BCUT2D eigenvalue weighted by atomic mass is 16.4. The molecule has 0 saturated carbocycles. The lowest BCUT2D eigenvalue weighted by Gasteiger charge is -2.14. The van der Waals surface area contributed by atoms with Gasteiger partial charge in [0, 0.05) is 11.7 Å². The van der Waals surface area contributed by atoms with Crippen LogP contribution in [0, 0.1) is 6.92 Å². The fourth-order valence-corrected chi connectivity index (χ4v) is 1.27. The van der Waals surface area contributed by atoms with Crippen molar-refractivity contribution in [1.82, 2.24) is 0 Å². The molecule has 1 atom stereocenters. The van der Waals surface area contributed by atoms with E-state index < -0.39 is 5.97 Å². The van der Waals surface area contributed by atoms with Crippen molar-refractivity contribution in [2.45, 2.75) is 19.9 Å². The molecule has 0 aromatic heterocycles. The Labute approximate surface area is 88.6 Å². The van der Waals surface area contributed by atoms with Crippen LogP contribution in [0.3, 0.4) is 0 Å². The van der Waals surface area contributed by atoms with Gasteiger partial charge in [0.05, 0.1) is 12.2 Å². The van der Waals surface area contributed by atoms with E-state index in [1.54, 1.807) is 18.2 Å². The number of carboxylic acid groups (broad SMARTS) is 1. The van der Waals surface area contributed by atoms with Crippen LogP contribution in [-0.2, 0) is 0 Å². The Morgan fingerprint density at radius 2 is 2.20 bits per heavy atom. The van der Waals surface area contributed by atoms with Crippen molar-refractivity contribution in [1.29, 1.82) is 0 Å². The molecule has 1 unspecified atom stereocenters. The molecule has 0 heterocycles. The summed E-state index contributed by atoms with van der Waals surface area (Å²) in [6.07, 6.45) is 0. The molecule has 0 aliphatic rings. The Morgan fingerprint density at radius 3 is 2.67 bits per heavy atom. The van der Waals surface area contributed by atoms with E-state index in [0.717, 1.165) is 11.3 Å². The topological polar surface area (TPSA) is 69.6 Å². The summed E-state index contributed by atoms with van der Waals surface area (Å²) in [4.78, 5) is 10.7. The number of hydrogen-bond donors (Lipinski definition) is 3. The van der Waals surface area contributed by atoms with E-state index in [2.05, 4.69) is 5.32 Å². The van der Waals surface area contributed by atoms with E-state index in [-0.39, 0.29) is 18.2 Å². The summed E-state index contributed by atoms with van der Waals surface area (Å²) in [7, 11) is 0. The van der Waals surface area contributed by atoms with Crippen molar-refractivity contribution in [3.05, 3.63) is 29.3 Å². The number of rotatable bonds is 4. The van der Waals surface area contributed by atoms with E-state index in [1.165, 1.54) is 0 Å². The highest BCUT2D eigenvalue weighted by Gasteiger charge is 2.07. The van der Waals surface area contributed by atoms with Gasteiger partial charge < -0.3 is 15.5 Å². The van der Waals surface area contributed by atoms with Crippen LogP contribution in [0.25, 0.3) is 0 Å². The number of hydrogen-bond acceptors (Lipinski definition) is 3. The summed E-state index contributed by atoms with van der Waals surface area (Å²) in [5, 5.41) is 20.7. The van der Waals surface area contributed by atoms with Gasteiger partial charge in [0.1, 0.15) is 0 Å². The van der Waals surface area contributed by atoms with Crippen LogP contribution < -0.4 is 5.32 Å². The Morgan fingerprint density at radius 1 is 1.53 bits per heavy atom. The molecule has 0 saturated heterocycles. The molecule has 4 heteroatoms. The Hall–Kier alpha value is -1.55. The van der Waals surface area contributed by atoms with Gasteiger partial charge in [0.15, 0.2) is 0 Å². The van der Waals surface area contributed by atoms with Crippen LogP contribution in [0.2, 0.25) is 0 Å². The second kappa shape index (κ2) is 4.79. The maximum atomic E-state index is 10.7. The number of aryl methyl sites for hydroxylation is 1. The van der Waals surface area contributed by atoms with E-state index in [0.29, 0.717) is 0 Å². The number of aliphatic hydroxyl groups excluding tert-OH is 1. The summed E-state index contributed by atoms with van der Waals surface area (Å²) in [5.41, 5.74) is 1.98. The lowest BCUT2D eigenvalue weighted by molar-refractivity contribution is 0.0697. The molecule has 0 amide bonds. The lowest BCUT2D eigenvalue weighted by atomic mass is 10.1. The van der Waals surface area contributed by atoms with Crippen LogP contribution in [-0.4, -0.2) is 28.8 Å². The molecular formula is C11H15NO3. The number of carbonyl (C=O) groups is 1. The van der Waals surface area contributed by atoms with Crippen LogP contribution >= 0.6 is 0 Å². The molecule has 3 N–H and O–H groups in total. The standard InChI is InChI=1S/C11H15NO3/c1-7-5-9(11(14)15)3-4-10(7)12-8(2)6-13/h3-5,8,12-13H,6H2,1-2H3,(H,14,15). The molecule has 0 fully saturated rings. The fourth-order valence-electron chi connectivity index (χ4n) is 1.27. The minimum atomic E-state index is -0.931. The quantitative estimate of drug-likeness (QED) is 0.702. The normalized spacial score (nSPS) is 12.2. The molecule has 1 rings (SSSR count). The van der Waals surface area contributed by atoms with Gasteiger partial charge in [0.25, 0.3) is 0 Å². The van der Waals surface area contributed by atoms with Gasteiger partial charge in [0.2, 0.25) is 0 Å². The Bertz CT molecular complexity index is 363. The number of carboxylic acids is 1. The molecule has 82 valence electrons. The molecule has 1 aromatic carbocycles. The average Bonchev–Trinajstić information content (AvgIpc) is 2.20. The van der Waals surface area contributed by atoms with E-state index in [1.807, 2.05) is 13.8 Å². The first-order chi connectivity index (χ1) is 7.04. The van der Waals surface area contributed by atoms with Gasteiger partial charge >= 0.3 is 5.97 Å². The van der Waals surface area contributed by atoms with Crippen LogP contribution in [0.4, 0.5) is 5.69 Å². The third-order valence-electron chi connectivity index (χ3n) is 2.15. The zero-order valence-corrected chi connectivity index (χ0v) is 8.82. The highest BCUT2D eigenvalue weighted by Crippen LogP contribution is 2.17. The van der Waals surface area contributed by atoms with Gasteiger partial charge in [-0.2, -0.15) is 0 Å². The van der Waals surface area contributed by atoms with Crippen molar-refractivity contribution < 1.29 is 15.0 Å². The lowest BCUT2D eigenvalue weighted by Crippen LogP contribution is -2.19. The van der Waals surface area contributed by atoms with Gasteiger partial charge in [-0.3, -0.25) is 0 Å². The minimum Gasteiger partial charge on any atom is -0.478 e. The van der Waals surface area contributed by atoms with Crippen molar-refractivity contribution in [2.75, 3.05) is 11.9 Å². The van der Waals surface area contributed by atoms with Crippen molar-refractivity contribution in [3.63, 3.8) is 0 Å². The fraction of sp³-hybridized carbons (Fsp3) is 0.364. The molecule has 1 aromatic rings. The average molecular weight is 209 g/mol. The predicted molar refractivity (Wildman–Crippen MR) is 58.3 cm³/mol. The van der Waals surface area contributed by atoms with Gasteiger partial charge in [-0.05, 0) is 37.6 Å². The third-order valence-corrected chi connectivity index (χ3v) is 2.15. The number of anilines is 1. The Balaban J connectivity index is 2.88. The first-order valence-corrected chi connectivity index (χ1v) is 4.76. The first-order valence-electron chi connectivity index (χ1n) is 4.76. The molecular weight excluding hydrogens is 194 g/mol. The second-order valence-corrected chi connectivity index (χ2v) is 3.56. The number of benzene rings is 1. The third kappa shape index (κ3) is 2.95. The van der Waals surface area contributed by atoms with Crippen molar-refractivity contribution in [3.8, 4) is 0 Å². The Kier molecular flexibility index (Phi) is 3.68. The first kappa shape index (κ1) is 11.5. The van der Waals surface area contributed by atoms with E-state index >= 15 is 0 Å². The maximum absolute atomic E-state index is 10.7. The highest BCUT2D eigenvalue weighted by molar-refractivity contribution is 5.88. The van der Waals surface area contributed by atoms with Crippen LogP contribution in [0.1, 0.15) is 22.8 Å². The molecule has 0 aliphatic heterocycles. The SMILES string of the molecule is Cc1cc(C(=O)O)ccc1NC(C)CO. The largest absolute Gasteiger partial charge is 0.478 e. The monoisotopic (exact) mass is 209 g/mol. The van der Waals surface area contributed by atoms with Gasteiger partial charge in [-0.25, -0.2) is 4.79 Å². The molecule has 4 nitrogen and oxygen atoms in total. The van der Waals surface area contributed by atoms with Gasteiger partial charge in [-0.15, -0.1) is 0 Å². The zero-order valence-electron chi connectivity index (χ0n) is 8.82. The smallest absolute Gasteiger partial charge is 0.335 e. The summed E-state index contributed by atoms with van der Waals surface area (Å²) >= 11 is 0.